The first-order chi connectivity index (χ1) is 12.1. The van der Waals surface area contributed by atoms with Gasteiger partial charge in [0, 0.05) is 6.07 Å². The van der Waals surface area contributed by atoms with Gasteiger partial charge in [-0.1, -0.05) is 18.2 Å². The van der Waals surface area contributed by atoms with Crippen molar-refractivity contribution in [1.82, 2.24) is 0 Å². The maximum atomic E-state index is 12.2. The molecule has 0 radical (unpaired) electrons. The third-order valence-electron chi connectivity index (χ3n) is 3.34. The van der Waals surface area contributed by atoms with Crippen molar-refractivity contribution < 1.29 is 13.9 Å². The van der Waals surface area contributed by atoms with Crippen LogP contribution in [0, 0.1) is 6.92 Å². The van der Waals surface area contributed by atoms with Gasteiger partial charge in [0.25, 0.3) is 0 Å². The highest BCUT2D eigenvalue weighted by Crippen LogP contribution is 2.19. The number of rotatable bonds is 4. The summed E-state index contributed by atoms with van der Waals surface area (Å²) in [5.74, 6) is -0.511. The molecule has 0 spiro atoms. The number of nitrogens with zero attached hydrogens (tertiary/aromatic N) is 2. The standard InChI is InChI=1S/C19H14N2O4/c1-13-18(17(22)11-12-24-13)25-19(23)14-7-9-16(10-8-14)21-20-15-5-3-2-4-6-15/h2-12H,1H3. The number of benzene rings is 2. The summed E-state index contributed by atoms with van der Waals surface area (Å²) in [4.78, 5) is 23.9. The molecule has 0 aliphatic carbocycles. The van der Waals surface area contributed by atoms with Crippen molar-refractivity contribution in [1.29, 1.82) is 0 Å². The molecule has 0 fully saturated rings. The molecule has 0 saturated carbocycles. The highest BCUT2D eigenvalue weighted by atomic mass is 16.5. The second kappa shape index (κ2) is 7.35. The van der Waals surface area contributed by atoms with Gasteiger partial charge in [-0.25, -0.2) is 4.79 Å². The minimum absolute atomic E-state index is 0.111. The number of carbonyl (C=O) groups is 1. The van der Waals surface area contributed by atoms with Crippen LogP contribution in [0.25, 0.3) is 0 Å². The third kappa shape index (κ3) is 4.06. The van der Waals surface area contributed by atoms with Crippen LogP contribution in [0.4, 0.5) is 11.4 Å². The fourth-order valence-corrected chi connectivity index (χ4v) is 2.05. The number of hydrogen-bond donors (Lipinski definition) is 0. The van der Waals surface area contributed by atoms with Crippen molar-refractivity contribution in [3.8, 4) is 5.75 Å². The Hall–Kier alpha value is -3.54. The summed E-state index contributed by atoms with van der Waals surface area (Å²) in [7, 11) is 0. The predicted octanol–water partition coefficient (Wildman–Crippen LogP) is 4.58. The van der Waals surface area contributed by atoms with E-state index in [-0.39, 0.29) is 11.5 Å². The van der Waals surface area contributed by atoms with Crippen molar-refractivity contribution in [2.45, 2.75) is 6.92 Å². The van der Waals surface area contributed by atoms with E-state index >= 15 is 0 Å². The number of carbonyl (C=O) groups excluding carboxylic acids is 1. The quantitative estimate of drug-likeness (QED) is 0.516. The maximum Gasteiger partial charge on any atom is 0.343 e. The molecule has 0 unspecified atom stereocenters. The minimum atomic E-state index is -0.645. The molecule has 2 aromatic carbocycles. The van der Waals surface area contributed by atoms with E-state index in [2.05, 4.69) is 10.2 Å². The molecule has 0 aliphatic rings. The van der Waals surface area contributed by atoms with Crippen LogP contribution in [0.2, 0.25) is 0 Å². The third-order valence-corrected chi connectivity index (χ3v) is 3.34. The molecule has 25 heavy (non-hydrogen) atoms. The van der Waals surface area contributed by atoms with Crippen molar-refractivity contribution >= 4 is 17.3 Å². The first-order valence-corrected chi connectivity index (χ1v) is 7.51. The SMILES string of the molecule is Cc1occc(=O)c1OC(=O)c1ccc(N=Nc2ccccc2)cc1. The van der Waals surface area contributed by atoms with Crippen LogP contribution in [-0.4, -0.2) is 5.97 Å². The molecule has 1 aromatic heterocycles. The first kappa shape index (κ1) is 16.3. The second-order valence-corrected chi connectivity index (χ2v) is 5.14. The van der Waals surface area contributed by atoms with Crippen LogP contribution >= 0.6 is 0 Å². The molecule has 6 nitrogen and oxygen atoms in total. The van der Waals surface area contributed by atoms with Crippen LogP contribution < -0.4 is 10.2 Å². The second-order valence-electron chi connectivity index (χ2n) is 5.14. The zero-order chi connectivity index (χ0) is 17.6. The summed E-state index contributed by atoms with van der Waals surface area (Å²) in [6.07, 6.45) is 1.25. The van der Waals surface area contributed by atoms with Crippen molar-refractivity contribution in [2.75, 3.05) is 0 Å². The Balaban J connectivity index is 1.73. The van der Waals surface area contributed by atoms with Crippen LogP contribution in [0.3, 0.4) is 0 Å². The van der Waals surface area contributed by atoms with Crippen LogP contribution in [0.15, 0.2) is 86.4 Å². The van der Waals surface area contributed by atoms with E-state index < -0.39 is 11.4 Å². The maximum absolute atomic E-state index is 12.2. The average molecular weight is 334 g/mol. The number of azo groups is 1. The van der Waals surface area contributed by atoms with Crippen LogP contribution in [0.5, 0.6) is 5.75 Å². The molecule has 3 aromatic rings. The van der Waals surface area contributed by atoms with Crippen molar-refractivity contribution in [3.05, 3.63) is 88.5 Å². The Morgan fingerprint density at radius 1 is 0.920 bits per heavy atom. The molecule has 0 saturated heterocycles. The van der Waals surface area contributed by atoms with Gasteiger partial charge in [0.1, 0.15) is 5.76 Å². The van der Waals surface area contributed by atoms with Gasteiger partial charge in [-0.2, -0.15) is 10.2 Å². The highest BCUT2D eigenvalue weighted by molar-refractivity contribution is 5.91. The van der Waals surface area contributed by atoms with E-state index in [0.29, 0.717) is 11.3 Å². The van der Waals surface area contributed by atoms with Crippen molar-refractivity contribution in [3.63, 3.8) is 0 Å². The summed E-state index contributed by atoms with van der Waals surface area (Å²) in [5, 5.41) is 8.19. The Morgan fingerprint density at radius 3 is 2.20 bits per heavy atom. The topological polar surface area (TPSA) is 81.2 Å². The Bertz CT molecular complexity index is 961. The Morgan fingerprint density at radius 2 is 1.56 bits per heavy atom. The van der Waals surface area contributed by atoms with Gasteiger partial charge >= 0.3 is 5.97 Å². The van der Waals surface area contributed by atoms with Crippen LogP contribution in [0.1, 0.15) is 16.1 Å². The summed E-state index contributed by atoms with van der Waals surface area (Å²) in [6, 6.07) is 16.9. The zero-order valence-corrected chi connectivity index (χ0v) is 13.4. The summed E-state index contributed by atoms with van der Waals surface area (Å²) < 4.78 is 10.2. The van der Waals surface area contributed by atoms with Gasteiger partial charge in [-0.05, 0) is 43.3 Å². The van der Waals surface area contributed by atoms with Gasteiger partial charge in [0.05, 0.1) is 23.2 Å². The fraction of sp³-hybridized carbons (Fsp3) is 0.0526. The van der Waals surface area contributed by atoms with Gasteiger partial charge in [-0.15, -0.1) is 0 Å². The molecule has 0 amide bonds. The minimum Gasteiger partial charge on any atom is -0.465 e. The van der Waals surface area contributed by atoms with Gasteiger partial charge in [0.15, 0.2) is 0 Å². The predicted molar refractivity (Wildman–Crippen MR) is 91.7 cm³/mol. The van der Waals surface area contributed by atoms with Gasteiger partial charge < -0.3 is 9.15 Å². The molecule has 6 heteroatoms. The molecule has 0 aliphatic heterocycles. The number of esters is 1. The van der Waals surface area contributed by atoms with E-state index in [1.165, 1.54) is 12.3 Å². The lowest BCUT2D eigenvalue weighted by atomic mass is 10.2. The fourth-order valence-electron chi connectivity index (χ4n) is 2.05. The Labute approximate surface area is 143 Å². The van der Waals surface area contributed by atoms with Crippen molar-refractivity contribution in [2.24, 2.45) is 10.2 Å². The molecule has 0 bridgehead atoms. The average Bonchev–Trinajstić information content (AvgIpc) is 2.64. The lowest BCUT2D eigenvalue weighted by Gasteiger charge is -2.05. The largest absolute Gasteiger partial charge is 0.465 e. The van der Waals surface area contributed by atoms with Crippen LogP contribution in [-0.2, 0) is 0 Å². The number of aryl methyl sites for hydroxylation is 1. The molecule has 0 N–H and O–H groups in total. The number of hydrogen-bond acceptors (Lipinski definition) is 6. The number of ether oxygens (including phenoxy) is 1. The van der Waals surface area contributed by atoms with E-state index in [4.69, 9.17) is 9.15 Å². The summed E-state index contributed by atoms with van der Waals surface area (Å²) in [5.41, 5.74) is 1.21. The molecule has 1 heterocycles. The van der Waals surface area contributed by atoms with E-state index in [9.17, 15) is 9.59 Å². The highest BCUT2D eigenvalue weighted by Gasteiger charge is 2.14. The summed E-state index contributed by atoms with van der Waals surface area (Å²) >= 11 is 0. The molecule has 3 rings (SSSR count). The summed E-state index contributed by atoms with van der Waals surface area (Å²) in [6.45, 7) is 1.55. The smallest absolute Gasteiger partial charge is 0.343 e. The van der Waals surface area contributed by atoms with Gasteiger partial charge in [-0.3, -0.25) is 4.79 Å². The lowest BCUT2D eigenvalue weighted by Crippen LogP contribution is -2.15. The van der Waals surface area contributed by atoms with Gasteiger partial charge in [0.2, 0.25) is 11.2 Å². The molecular formula is C19H14N2O4. The Kier molecular flexibility index (Phi) is 4.80. The molecular weight excluding hydrogens is 320 g/mol. The monoisotopic (exact) mass is 334 g/mol. The molecule has 124 valence electrons. The van der Waals surface area contributed by atoms with E-state index in [1.54, 1.807) is 31.2 Å². The van der Waals surface area contributed by atoms with E-state index in [1.807, 2.05) is 30.3 Å². The van der Waals surface area contributed by atoms with E-state index in [0.717, 1.165) is 5.69 Å². The lowest BCUT2D eigenvalue weighted by molar-refractivity contribution is 0.0727. The first-order valence-electron chi connectivity index (χ1n) is 7.51. The zero-order valence-electron chi connectivity index (χ0n) is 13.4. The molecule has 0 atom stereocenters. The normalized spacial score (nSPS) is 10.8.